The summed E-state index contributed by atoms with van der Waals surface area (Å²) in [6.45, 7) is 0.524. The first-order valence-corrected chi connectivity index (χ1v) is 7.68. The number of benzene rings is 1. The van der Waals surface area contributed by atoms with Gasteiger partial charge in [0.05, 0.1) is 19.8 Å². The third-order valence-electron chi connectivity index (χ3n) is 3.60. The number of amides is 1. The Morgan fingerprint density at radius 1 is 1.17 bits per heavy atom. The number of hydrogen-bond acceptors (Lipinski definition) is 5. The van der Waals surface area contributed by atoms with Crippen molar-refractivity contribution in [2.45, 2.75) is 6.42 Å². The molecule has 1 amide bonds. The number of methoxy groups -OCH3 is 2. The number of pyridine rings is 1. The number of aromatic nitrogens is 1. The van der Waals surface area contributed by atoms with E-state index in [9.17, 15) is 4.79 Å². The van der Waals surface area contributed by atoms with Crippen molar-refractivity contribution >= 4 is 11.7 Å². The van der Waals surface area contributed by atoms with E-state index >= 15 is 0 Å². The van der Waals surface area contributed by atoms with Crippen LogP contribution in [-0.2, 0) is 6.42 Å². The Labute approximate surface area is 142 Å². The van der Waals surface area contributed by atoms with Crippen molar-refractivity contribution in [2.75, 3.05) is 39.8 Å². The molecule has 128 valence electrons. The van der Waals surface area contributed by atoms with Crippen molar-refractivity contribution in [3.05, 3.63) is 47.7 Å². The fourth-order valence-corrected chi connectivity index (χ4v) is 2.38. The Balaban J connectivity index is 1.98. The van der Waals surface area contributed by atoms with Gasteiger partial charge in [-0.15, -0.1) is 0 Å². The molecule has 0 atom stereocenters. The highest BCUT2D eigenvalue weighted by molar-refractivity contribution is 5.98. The molecule has 0 aliphatic rings. The number of ether oxygens (including phenoxy) is 2. The lowest BCUT2D eigenvalue weighted by Crippen LogP contribution is -2.28. The molecule has 0 bridgehead atoms. The van der Waals surface area contributed by atoms with Gasteiger partial charge in [-0.2, -0.15) is 0 Å². The van der Waals surface area contributed by atoms with Crippen molar-refractivity contribution < 1.29 is 14.3 Å². The van der Waals surface area contributed by atoms with Crippen LogP contribution in [0.2, 0.25) is 0 Å². The predicted molar refractivity (Wildman–Crippen MR) is 94.1 cm³/mol. The third-order valence-corrected chi connectivity index (χ3v) is 3.60. The van der Waals surface area contributed by atoms with Gasteiger partial charge in [0, 0.05) is 26.8 Å². The van der Waals surface area contributed by atoms with Crippen molar-refractivity contribution in [1.29, 1.82) is 0 Å². The van der Waals surface area contributed by atoms with Crippen LogP contribution in [0, 0.1) is 0 Å². The highest BCUT2D eigenvalue weighted by Crippen LogP contribution is 2.27. The molecule has 0 unspecified atom stereocenters. The van der Waals surface area contributed by atoms with Crippen LogP contribution < -0.4 is 19.7 Å². The van der Waals surface area contributed by atoms with Crippen molar-refractivity contribution in [2.24, 2.45) is 0 Å². The fraction of sp³-hybridized carbons (Fsp3) is 0.333. The number of anilines is 1. The molecule has 0 aliphatic heterocycles. The highest BCUT2D eigenvalue weighted by Gasteiger charge is 2.13. The summed E-state index contributed by atoms with van der Waals surface area (Å²) in [4.78, 5) is 18.4. The second kappa shape index (κ2) is 8.19. The van der Waals surface area contributed by atoms with Gasteiger partial charge in [0.25, 0.3) is 5.91 Å². The van der Waals surface area contributed by atoms with Crippen LogP contribution in [0.25, 0.3) is 0 Å². The molecule has 1 N–H and O–H groups in total. The van der Waals surface area contributed by atoms with Crippen LogP contribution in [0.4, 0.5) is 5.82 Å². The number of rotatable bonds is 7. The van der Waals surface area contributed by atoms with E-state index in [2.05, 4.69) is 10.3 Å². The zero-order chi connectivity index (χ0) is 17.5. The molecule has 1 heterocycles. The first kappa shape index (κ1) is 17.6. The molecule has 0 fully saturated rings. The lowest BCUT2D eigenvalue weighted by Gasteiger charge is -2.15. The Hall–Kier alpha value is -2.76. The number of nitrogens with zero attached hydrogens (tertiary/aromatic N) is 2. The highest BCUT2D eigenvalue weighted by atomic mass is 16.5. The topological polar surface area (TPSA) is 63.7 Å². The largest absolute Gasteiger partial charge is 0.493 e. The summed E-state index contributed by atoms with van der Waals surface area (Å²) in [5.41, 5.74) is 1.63. The van der Waals surface area contributed by atoms with E-state index in [1.54, 1.807) is 32.5 Å². The smallest absolute Gasteiger partial charge is 0.255 e. The Morgan fingerprint density at radius 2 is 1.92 bits per heavy atom. The molecule has 24 heavy (non-hydrogen) atoms. The zero-order valence-corrected chi connectivity index (χ0v) is 14.5. The van der Waals surface area contributed by atoms with E-state index in [1.807, 2.05) is 37.2 Å². The standard InChI is InChI=1S/C18H23N3O3/c1-21(2)17-14(6-5-10-19-17)18(22)20-11-9-13-7-8-15(23-3)16(12-13)24-4/h5-8,10,12H,9,11H2,1-4H3,(H,20,22). The number of carbonyl (C=O) groups excluding carboxylic acids is 1. The Morgan fingerprint density at radius 3 is 2.58 bits per heavy atom. The molecule has 0 aliphatic carbocycles. The normalized spacial score (nSPS) is 10.2. The van der Waals surface area contributed by atoms with Crippen LogP contribution in [-0.4, -0.2) is 45.8 Å². The molecule has 1 aromatic heterocycles. The summed E-state index contributed by atoms with van der Waals surface area (Å²) in [5, 5.41) is 2.93. The van der Waals surface area contributed by atoms with Crippen LogP contribution in [0.1, 0.15) is 15.9 Å². The predicted octanol–water partition coefficient (Wildman–Crippen LogP) is 2.14. The number of carbonyl (C=O) groups is 1. The summed E-state index contributed by atoms with van der Waals surface area (Å²) in [7, 11) is 6.94. The lowest BCUT2D eigenvalue weighted by atomic mass is 10.1. The average Bonchev–Trinajstić information content (AvgIpc) is 2.61. The van der Waals surface area contributed by atoms with Gasteiger partial charge in [-0.25, -0.2) is 4.98 Å². The molecule has 2 aromatic rings. The number of nitrogens with one attached hydrogen (secondary N) is 1. The summed E-state index contributed by atoms with van der Waals surface area (Å²) >= 11 is 0. The molecule has 0 saturated carbocycles. The van der Waals surface area contributed by atoms with Gasteiger partial charge in [0.2, 0.25) is 0 Å². The average molecular weight is 329 g/mol. The zero-order valence-electron chi connectivity index (χ0n) is 14.5. The molecular formula is C18H23N3O3. The second-order valence-corrected chi connectivity index (χ2v) is 5.46. The molecule has 2 rings (SSSR count). The van der Waals surface area contributed by atoms with Gasteiger partial charge in [-0.05, 0) is 36.2 Å². The van der Waals surface area contributed by atoms with Gasteiger partial charge >= 0.3 is 0 Å². The quantitative estimate of drug-likeness (QED) is 0.843. The second-order valence-electron chi connectivity index (χ2n) is 5.46. The Bertz CT molecular complexity index is 702. The van der Waals surface area contributed by atoms with Gasteiger partial charge in [-0.3, -0.25) is 4.79 Å². The van der Waals surface area contributed by atoms with Crippen LogP contribution in [0.15, 0.2) is 36.5 Å². The van der Waals surface area contributed by atoms with E-state index in [-0.39, 0.29) is 5.91 Å². The molecular weight excluding hydrogens is 306 g/mol. The summed E-state index contributed by atoms with van der Waals surface area (Å²) < 4.78 is 10.5. The number of hydrogen-bond donors (Lipinski definition) is 1. The first-order chi connectivity index (χ1) is 11.6. The molecule has 6 heteroatoms. The van der Waals surface area contributed by atoms with E-state index in [0.29, 0.717) is 35.8 Å². The molecule has 0 spiro atoms. The molecule has 6 nitrogen and oxygen atoms in total. The summed E-state index contributed by atoms with van der Waals surface area (Å²) in [6, 6.07) is 9.27. The molecule has 1 aromatic carbocycles. The van der Waals surface area contributed by atoms with E-state index in [4.69, 9.17) is 9.47 Å². The van der Waals surface area contributed by atoms with E-state index < -0.39 is 0 Å². The van der Waals surface area contributed by atoms with Crippen LogP contribution in [0.5, 0.6) is 11.5 Å². The molecule has 0 saturated heterocycles. The first-order valence-electron chi connectivity index (χ1n) is 7.68. The minimum atomic E-state index is -0.132. The van der Waals surface area contributed by atoms with Gasteiger partial charge in [-0.1, -0.05) is 6.07 Å². The van der Waals surface area contributed by atoms with Crippen molar-refractivity contribution in [3.63, 3.8) is 0 Å². The maximum absolute atomic E-state index is 12.4. The SMILES string of the molecule is COc1ccc(CCNC(=O)c2cccnc2N(C)C)cc1OC. The molecule has 0 radical (unpaired) electrons. The van der Waals surface area contributed by atoms with Gasteiger partial charge in [0.15, 0.2) is 11.5 Å². The maximum atomic E-state index is 12.4. The van der Waals surface area contributed by atoms with E-state index in [1.165, 1.54) is 0 Å². The monoisotopic (exact) mass is 329 g/mol. The van der Waals surface area contributed by atoms with Crippen molar-refractivity contribution in [3.8, 4) is 11.5 Å². The van der Waals surface area contributed by atoms with Gasteiger partial charge in [0.1, 0.15) is 5.82 Å². The third kappa shape index (κ3) is 4.16. The summed E-state index contributed by atoms with van der Waals surface area (Å²) in [5.74, 6) is 1.90. The Kier molecular flexibility index (Phi) is 6.01. The minimum absolute atomic E-state index is 0.132. The van der Waals surface area contributed by atoms with E-state index in [0.717, 1.165) is 5.56 Å². The summed E-state index contributed by atoms with van der Waals surface area (Å²) in [6.07, 6.45) is 2.37. The lowest BCUT2D eigenvalue weighted by molar-refractivity contribution is 0.0954. The van der Waals surface area contributed by atoms with Gasteiger partial charge < -0.3 is 19.7 Å². The van der Waals surface area contributed by atoms with Crippen LogP contribution >= 0.6 is 0 Å². The fourth-order valence-electron chi connectivity index (χ4n) is 2.38. The minimum Gasteiger partial charge on any atom is -0.493 e. The van der Waals surface area contributed by atoms with Crippen molar-refractivity contribution in [1.82, 2.24) is 10.3 Å². The van der Waals surface area contributed by atoms with Crippen LogP contribution in [0.3, 0.4) is 0 Å². The maximum Gasteiger partial charge on any atom is 0.255 e.